The van der Waals surface area contributed by atoms with Gasteiger partial charge in [-0.1, -0.05) is 17.7 Å². The van der Waals surface area contributed by atoms with E-state index in [4.69, 9.17) is 11.6 Å². The third-order valence-corrected chi connectivity index (χ3v) is 3.40. The van der Waals surface area contributed by atoms with Gasteiger partial charge in [0.25, 0.3) is 0 Å². The highest BCUT2D eigenvalue weighted by Crippen LogP contribution is 2.29. The van der Waals surface area contributed by atoms with Crippen LogP contribution in [0.4, 0.5) is 0 Å². The molecule has 2 rings (SSSR count). The number of rotatable bonds is 2. The van der Waals surface area contributed by atoms with Gasteiger partial charge in [-0.2, -0.15) is 0 Å². The van der Waals surface area contributed by atoms with Crippen molar-refractivity contribution >= 4 is 23.4 Å². The highest BCUT2D eigenvalue weighted by atomic mass is 35.5. The zero-order valence-electron chi connectivity index (χ0n) is 8.94. The van der Waals surface area contributed by atoms with Crippen LogP contribution in [0.3, 0.4) is 0 Å². The van der Waals surface area contributed by atoms with Crippen molar-refractivity contribution in [2.45, 2.75) is 23.9 Å². The fraction of sp³-hybridized carbons (Fsp3) is 0.182. The van der Waals surface area contributed by atoms with E-state index >= 15 is 0 Å². The lowest BCUT2D eigenvalue weighted by Crippen LogP contribution is -1.95. The second kappa shape index (κ2) is 4.80. The molecule has 0 aliphatic rings. The number of pyridine rings is 1. The molecule has 0 aliphatic carbocycles. The van der Waals surface area contributed by atoms with Crippen molar-refractivity contribution in [1.29, 1.82) is 0 Å². The monoisotopic (exact) mass is 251 g/mol. The maximum atomic E-state index is 6.00. The molecule has 0 saturated heterocycles. The Bertz CT molecular complexity index is 502. The molecule has 0 saturated carbocycles. The first-order valence-electron chi connectivity index (χ1n) is 4.76. The van der Waals surface area contributed by atoms with Gasteiger partial charge in [-0.05, 0) is 37.7 Å². The first-order valence-corrected chi connectivity index (χ1v) is 5.96. The molecule has 0 atom stereocenters. The molecule has 0 radical (unpaired) electrons. The summed E-state index contributed by atoms with van der Waals surface area (Å²) in [7, 11) is 0. The Hall–Kier alpha value is -1.13. The summed E-state index contributed by atoms with van der Waals surface area (Å²) in [6.07, 6.45) is 1.76. The van der Waals surface area contributed by atoms with Gasteiger partial charge in [0.2, 0.25) is 0 Å². The van der Waals surface area contributed by atoms with Crippen LogP contribution in [0, 0.1) is 13.8 Å². The predicted molar refractivity (Wildman–Crippen MR) is 64.9 cm³/mol. The Kier molecular flexibility index (Phi) is 3.41. The molecular weight excluding hydrogens is 242 g/mol. The van der Waals surface area contributed by atoms with Crippen LogP contribution < -0.4 is 0 Å². The molecule has 2 heterocycles. The Balaban J connectivity index is 2.35. The fourth-order valence-electron chi connectivity index (χ4n) is 1.18. The van der Waals surface area contributed by atoms with Crippen LogP contribution in [0.1, 0.15) is 11.4 Å². The lowest BCUT2D eigenvalue weighted by atomic mass is 10.4. The molecule has 0 unspecified atom stereocenters. The number of aryl methyl sites for hydroxylation is 1. The van der Waals surface area contributed by atoms with E-state index < -0.39 is 0 Å². The number of aromatic nitrogens is 3. The van der Waals surface area contributed by atoms with E-state index in [2.05, 4.69) is 15.0 Å². The summed E-state index contributed by atoms with van der Waals surface area (Å²) < 4.78 is 0. The van der Waals surface area contributed by atoms with E-state index in [0.717, 1.165) is 15.6 Å². The molecule has 0 fully saturated rings. The van der Waals surface area contributed by atoms with Gasteiger partial charge in [-0.3, -0.25) is 0 Å². The molecule has 0 bridgehead atoms. The maximum Gasteiger partial charge on any atom is 0.136 e. The molecule has 16 heavy (non-hydrogen) atoms. The first-order chi connectivity index (χ1) is 7.66. The lowest BCUT2D eigenvalue weighted by Gasteiger charge is -2.06. The summed E-state index contributed by atoms with van der Waals surface area (Å²) in [5, 5.41) is 2.27. The Morgan fingerprint density at radius 2 is 2.00 bits per heavy atom. The Morgan fingerprint density at radius 3 is 2.69 bits per heavy atom. The zero-order chi connectivity index (χ0) is 11.5. The molecular formula is C11H10ClN3S. The van der Waals surface area contributed by atoms with Gasteiger partial charge in [0, 0.05) is 11.8 Å². The quantitative estimate of drug-likeness (QED) is 0.768. The van der Waals surface area contributed by atoms with Crippen molar-refractivity contribution < 1.29 is 0 Å². The average Bonchev–Trinajstić information content (AvgIpc) is 2.27. The molecule has 0 N–H and O–H groups in total. The minimum absolute atomic E-state index is 0.505. The van der Waals surface area contributed by atoms with Gasteiger partial charge < -0.3 is 0 Å². The van der Waals surface area contributed by atoms with Crippen LogP contribution >= 0.6 is 23.4 Å². The van der Waals surface area contributed by atoms with E-state index in [1.165, 1.54) is 11.8 Å². The molecule has 2 aromatic rings. The van der Waals surface area contributed by atoms with Crippen LogP contribution in [0.2, 0.25) is 5.15 Å². The van der Waals surface area contributed by atoms with Crippen molar-refractivity contribution in [3.8, 4) is 0 Å². The van der Waals surface area contributed by atoms with E-state index in [1.54, 1.807) is 6.20 Å². The summed E-state index contributed by atoms with van der Waals surface area (Å²) in [5.41, 5.74) is 0.892. The molecule has 0 aliphatic heterocycles. The first kappa shape index (κ1) is 11.4. The molecule has 5 heteroatoms. The largest absolute Gasteiger partial charge is 0.250 e. The normalized spacial score (nSPS) is 10.4. The molecule has 0 aromatic carbocycles. The number of hydrogen-bond donors (Lipinski definition) is 0. The van der Waals surface area contributed by atoms with Crippen LogP contribution in [0.15, 0.2) is 34.4 Å². The van der Waals surface area contributed by atoms with Gasteiger partial charge in [-0.15, -0.1) is 0 Å². The minimum Gasteiger partial charge on any atom is -0.250 e. The summed E-state index contributed by atoms with van der Waals surface area (Å²) >= 11 is 7.50. The number of hydrogen-bond acceptors (Lipinski definition) is 4. The predicted octanol–water partition coefficient (Wildman–Crippen LogP) is 3.29. The Labute approximate surface area is 103 Å². The van der Waals surface area contributed by atoms with E-state index in [1.807, 2.05) is 32.0 Å². The van der Waals surface area contributed by atoms with Gasteiger partial charge in [0.05, 0.1) is 0 Å². The SMILES string of the molecule is Cc1nc(Cl)c(C)c(Sc2ccccn2)n1. The zero-order valence-corrected chi connectivity index (χ0v) is 10.5. The summed E-state index contributed by atoms with van der Waals surface area (Å²) in [5.74, 6) is 0.675. The van der Waals surface area contributed by atoms with E-state index in [9.17, 15) is 0 Å². The van der Waals surface area contributed by atoms with Gasteiger partial charge in [0.15, 0.2) is 0 Å². The molecule has 3 nitrogen and oxygen atoms in total. The van der Waals surface area contributed by atoms with Crippen molar-refractivity contribution in [3.05, 3.63) is 40.9 Å². The van der Waals surface area contributed by atoms with Gasteiger partial charge in [0.1, 0.15) is 21.0 Å². The summed E-state index contributed by atoms with van der Waals surface area (Å²) in [6.45, 7) is 3.74. The van der Waals surface area contributed by atoms with Crippen molar-refractivity contribution in [3.63, 3.8) is 0 Å². The standard InChI is InChI=1S/C11H10ClN3S/c1-7-10(12)14-8(2)15-11(7)16-9-5-3-4-6-13-9/h3-6H,1-2H3. The second-order valence-corrected chi connectivity index (χ2v) is 4.63. The molecule has 82 valence electrons. The van der Waals surface area contributed by atoms with Gasteiger partial charge in [-0.25, -0.2) is 15.0 Å². The van der Waals surface area contributed by atoms with Crippen LogP contribution in [-0.4, -0.2) is 15.0 Å². The Morgan fingerprint density at radius 1 is 1.19 bits per heavy atom. The van der Waals surface area contributed by atoms with Crippen LogP contribution in [0.5, 0.6) is 0 Å². The van der Waals surface area contributed by atoms with Crippen LogP contribution in [0.25, 0.3) is 0 Å². The summed E-state index contributed by atoms with van der Waals surface area (Å²) in [4.78, 5) is 12.7. The number of nitrogens with zero attached hydrogens (tertiary/aromatic N) is 3. The minimum atomic E-state index is 0.505. The molecule has 0 amide bonds. The fourth-order valence-corrected chi connectivity index (χ4v) is 2.33. The van der Waals surface area contributed by atoms with Crippen molar-refractivity contribution in [2.75, 3.05) is 0 Å². The lowest BCUT2D eigenvalue weighted by molar-refractivity contribution is 0.935. The van der Waals surface area contributed by atoms with E-state index in [0.29, 0.717) is 11.0 Å². The van der Waals surface area contributed by atoms with Crippen molar-refractivity contribution in [1.82, 2.24) is 15.0 Å². The molecule has 0 spiro atoms. The third kappa shape index (κ3) is 2.51. The smallest absolute Gasteiger partial charge is 0.136 e. The molecule has 2 aromatic heterocycles. The van der Waals surface area contributed by atoms with Crippen molar-refractivity contribution in [2.24, 2.45) is 0 Å². The number of halogens is 1. The second-order valence-electron chi connectivity index (χ2n) is 3.26. The average molecular weight is 252 g/mol. The third-order valence-electron chi connectivity index (χ3n) is 1.99. The van der Waals surface area contributed by atoms with Gasteiger partial charge >= 0.3 is 0 Å². The maximum absolute atomic E-state index is 6.00. The highest BCUT2D eigenvalue weighted by molar-refractivity contribution is 7.99. The topological polar surface area (TPSA) is 38.7 Å². The van der Waals surface area contributed by atoms with Crippen LogP contribution in [-0.2, 0) is 0 Å². The van der Waals surface area contributed by atoms with E-state index in [-0.39, 0.29) is 0 Å². The highest BCUT2D eigenvalue weighted by Gasteiger charge is 2.09. The summed E-state index contributed by atoms with van der Waals surface area (Å²) in [6, 6.07) is 5.77.